The van der Waals surface area contributed by atoms with Crippen LogP contribution in [0, 0.1) is 6.92 Å². The Bertz CT molecular complexity index is 1840. The van der Waals surface area contributed by atoms with Crippen LogP contribution in [-0.4, -0.2) is 27.7 Å². The van der Waals surface area contributed by atoms with E-state index in [2.05, 4.69) is 14.6 Å². The van der Waals surface area contributed by atoms with E-state index in [-0.39, 0.29) is 9.37 Å². The second kappa shape index (κ2) is 10.3. The fraction of sp³-hybridized carbons (Fsp3) is 0.115. The molecule has 5 rings (SSSR count). The van der Waals surface area contributed by atoms with E-state index in [0.29, 0.717) is 11.4 Å². The van der Waals surface area contributed by atoms with Crippen molar-refractivity contribution in [2.24, 2.45) is 4.40 Å². The van der Waals surface area contributed by atoms with Crippen molar-refractivity contribution >= 4 is 21.4 Å². The number of hydrogen-bond donors (Lipinski definition) is 0. The zero-order valence-electron chi connectivity index (χ0n) is 20.7. The maximum Gasteiger partial charge on any atom is 0.452 e. The highest BCUT2D eigenvalue weighted by molar-refractivity contribution is 7.90. The fourth-order valence-corrected chi connectivity index (χ4v) is 6.05. The first-order valence-corrected chi connectivity index (χ1v) is 13.9. The van der Waals surface area contributed by atoms with Gasteiger partial charge in [-0.1, -0.05) is 48.0 Å². The van der Waals surface area contributed by atoms with Crippen LogP contribution >= 0.6 is 11.3 Å². The Morgan fingerprint density at radius 1 is 0.732 bits per heavy atom. The molecule has 7 nitrogen and oxygen atoms in total. The van der Waals surface area contributed by atoms with E-state index < -0.39 is 44.6 Å². The Hall–Kier alpha value is -4.24. The molecule has 0 saturated carbocycles. The minimum atomic E-state index is -5.25. The number of hydrogen-bond acceptors (Lipinski definition) is 5. The molecule has 212 valence electrons. The van der Waals surface area contributed by atoms with Gasteiger partial charge in [0, 0.05) is 16.8 Å². The molecule has 5 aromatic rings. The van der Waals surface area contributed by atoms with Crippen molar-refractivity contribution in [2.75, 3.05) is 0 Å². The molecule has 0 bridgehead atoms. The molecule has 0 saturated heterocycles. The Morgan fingerprint density at radius 2 is 1.24 bits per heavy atom. The second-order valence-corrected chi connectivity index (χ2v) is 11.1. The highest BCUT2D eigenvalue weighted by Crippen LogP contribution is 2.36. The van der Waals surface area contributed by atoms with Crippen LogP contribution in [0.4, 0.5) is 26.3 Å². The van der Waals surface area contributed by atoms with E-state index in [4.69, 9.17) is 0 Å². The van der Waals surface area contributed by atoms with Crippen molar-refractivity contribution in [3.63, 3.8) is 0 Å². The molecular formula is C26H17F6N5O2S2. The third-order valence-electron chi connectivity index (χ3n) is 5.83. The van der Waals surface area contributed by atoms with Gasteiger partial charge >= 0.3 is 12.4 Å². The lowest BCUT2D eigenvalue weighted by Gasteiger charge is -2.14. The van der Waals surface area contributed by atoms with E-state index in [1.165, 1.54) is 0 Å². The average Bonchev–Trinajstić information content (AvgIpc) is 3.55. The van der Waals surface area contributed by atoms with Crippen LogP contribution in [0.2, 0.25) is 0 Å². The van der Waals surface area contributed by atoms with Gasteiger partial charge in [0.15, 0.2) is 0 Å². The molecule has 15 heteroatoms. The third kappa shape index (κ3) is 5.67. The lowest BCUT2D eigenvalue weighted by atomic mass is 10.1. The van der Waals surface area contributed by atoms with Crippen molar-refractivity contribution in [1.29, 1.82) is 0 Å². The van der Waals surface area contributed by atoms with E-state index in [1.807, 2.05) is 49.4 Å². The number of rotatable bonds is 5. The van der Waals surface area contributed by atoms with E-state index >= 15 is 0 Å². The molecule has 0 amide bonds. The molecule has 0 aliphatic rings. The topological polar surface area (TPSA) is 82.1 Å². The number of halogens is 6. The molecule has 0 aliphatic carbocycles. The van der Waals surface area contributed by atoms with Crippen molar-refractivity contribution in [1.82, 2.24) is 19.3 Å². The standard InChI is InChI=1S/C26H17F6N5O2S2/c1-16-7-9-18(10-8-16)36-21(17-5-3-2-4-6-17)15-40-24(36)35-41(38,39)20-13-11-19(12-14-20)37-22(25(27,28)29)33-34-23(37)26(30,31)32/h2-15H,1H3/b35-24+. The van der Waals surface area contributed by atoms with Crippen LogP contribution in [0.15, 0.2) is 93.5 Å². The molecule has 2 aromatic heterocycles. The maximum absolute atomic E-state index is 13.4. The van der Waals surface area contributed by atoms with Crippen LogP contribution in [-0.2, 0) is 22.4 Å². The first kappa shape index (κ1) is 28.3. The minimum absolute atomic E-state index is 0.0781. The molecular weight excluding hydrogens is 592 g/mol. The summed E-state index contributed by atoms with van der Waals surface area (Å²) in [6, 6.07) is 19.8. The SMILES string of the molecule is Cc1ccc(-n2c(-c3ccccc3)cs/c2=N/S(=O)(=O)c2ccc(-n3c(C(F)(F)F)nnc3C(F)(F)F)cc2)cc1. The monoisotopic (exact) mass is 609 g/mol. The Labute approximate surface area is 232 Å². The predicted molar refractivity (Wildman–Crippen MR) is 138 cm³/mol. The first-order chi connectivity index (χ1) is 19.3. The zero-order chi connectivity index (χ0) is 29.6. The van der Waals surface area contributed by atoms with Gasteiger partial charge in [0.1, 0.15) is 0 Å². The fourth-order valence-electron chi connectivity index (χ4n) is 3.95. The van der Waals surface area contributed by atoms with E-state index in [1.54, 1.807) is 22.1 Å². The van der Waals surface area contributed by atoms with Crippen molar-refractivity contribution in [2.45, 2.75) is 24.2 Å². The first-order valence-electron chi connectivity index (χ1n) is 11.6. The number of sulfonamides is 1. The number of alkyl halides is 6. The molecule has 0 aliphatic heterocycles. The lowest BCUT2D eigenvalue weighted by Crippen LogP contribution is -2.19. The summed E-state index contributed by atoms with van der Waals surface area (Å²) in [7, 11) is -4.45. The summed E-state index contributed by atoms with van der Waals surface area (Å²) in [5.41, 5.74) is 2.43. The Balaban J connectivity index is 1.61. The molecule has 2 heterocycles. The summed E-state index contributed by atoms with van der Waals surface area (Å²) in [5, 5.41) is 7.05. The van der Waals surface area contributed by atoms with Gasteiger partial charge in [0.25, 0.3) is 10.0 Å². The zero-order valence-corrected chi connectivity index (χ0v) is 22.4. The highest BCUT2D eigenvalue weighted by Gasteiger charge is 2.45. The van der Waals surface area contributed by atoms with Gasteiger partial charge < -0.3 is 0 Å². The van der Waals surface area contributed by atoms with Crippen LogP contribution in [0.3, 0.4) is 0 Å². The highest BCUT2D eigenvalue weighted by atomic mass is 32.2. The summed E-state index contributed by atoms with van der Waals surface area (Å²) < 4.78 is 112. The molecule has 0 N–H and O–H groups in total. The van der Waals surface area contributed by atoms with Crippen molar-refractivity contribution < 1.29 is 34.8 Å². The second-order valence-electron chi connectivity index (χ2n) is 8.68. The maximum atomic E-state index is 13.4. The van der Waals surface area contributed by atoms with Gasteiger partial charge in [-0.25, -0.2) is 0 Å². The third-order valence-corrected chi connectivity index (χ3v) is 8.05. The Morgan fingerprint density at radius 3 is 1.78 bits per heavy atom. The summed E-state index contributed by atoms with van der Waals surface area (Å²) >= 11 is 1.05. The van der Waals surface area contributed by atoms with Gasteiger partial charge in [-0.15, -0.1) is 25.9 Å². The minimum Gasteiger partial charge on any atom is -0.284 e. The summed E-state index contributed by atoms with van der Waals surface area (Å²) in [5.74, 6) is -3.81. The lowest BCUT2D eigenvalue weighted by molar-refractivity contribution is -0.153. The van der Waals surface area contributed by atoms with Crippen LogP contribution in [0.25, 0.3) is 22.6 Å². The van der Waals surface area contributed by atoms with Crippen LogP contribution in [0.1, 0.15) is 17.2 Å². The van der Waals surface area contributed by atoms with Crippen molar-refractivity contribution in [3.8, 4) is 22.6 Å². The largest absolute Gasteiger partial charge is 0.452 e. The summed E-state index contributed by atoms with van der Waals surface area (Å²) in [4.78, 5) is -0.365. The normalized spacial score (nSPS) is 13.1. The molecule has 0 unspecified atom stereocenters. The summed E-state index contributed by atoms with van der Waals surface area (Å²) in [6.45, 7) is 1.90. The van der Waals surface area contributed by atoms with Gasteiger partial charge in [0.2, 0.25) is 16.5 Å². The molecule has 0 fully saturated rings. The molecule has 0 radical (unpaired) electrons. The molecule has 0 spiro atoms. The van der Waals surface area contributed by atoms with Gasteiger partial charge in [-0.2, -0.15) is 34.8 Å². The van der Waals surface area contributed by atoms with Crippen LogP contribution in [0.5, 0.6) is 0 Å². The molecule has 3 aromatic carbocycles. The number of aromatic nitrogens is 4. The van der Waals surface area contributed by atoms with Gasteiger partial charge in [-0.05, 0) is 48.9 Å². The quantitative estimate of drug-likeness (QED) is 0.215. The molecule has 41 heavy (non-hydrogen) atoms. The van der Waals surface area contributed by atoms with Crippen LogP contribution < -0.4 is 4.80 Å². The number of aryl methyl sites for hydroxylation is 1. The number of benzene rings is 3. The summed E-state index contributed by atoms with van der Waals surface area (Å²) in [6.07, 6.45) is -10.5. The predicted octanol–water partition coefficient (Wildman–Crippen LogP) is 6.42. The van der Waals surface area contributed by atoms with E-state index in [9.17, 15) is 34.8 Å². The molecule has 0 atom stereocenters. The van der Waals surface area contributed by atoms with Crippen molar-refractivity contribution in [3.05, 3.63) is 106 Å². The number of thiazole rings is 1. The van der Waals surface area contributed by atoms with Gasteiger partial charge in [-0.3, -0.25) is 9.13 Å². The smallest absolute Gasteiger partial charge is 0.284 e. The number of nitrogens with zero attached hydrogens (tertiary/aromatic N) is 5. The Kier molecular flexibility index (Phi) is 7.11. The average molecular weight is 610 g/mol. The van der Waals surface area contributed by atoms with Gasteiger partial charge in [0.05, 0.1) is 10.6 Å². The van der Waals surface area contributed by atoms with E-state index in [0.717, 1.165) is 46.7 Å².